The first-order valence-corrected chi connectivity index (χ1v) is 5.31. The molecule has 1 rings (SSSR count). The van der Waals surface area contributed by atoms with E-state index in [1.54, 1.807) is 6.92 Å². The number of hydrogen-bond donors (Lipinski definition) is 0. The Bertz CT molecular complexity index is 431. The van der Waals surface area contributed by atoms with Crippen molar-refractivity contribution < 1.29 is 4.79 Å². The molecule has 0 aliphatic carbocycles. The van der Waals surface area contributed by atoms with E-state index >= 15 is 0 Å². The predicted molar refractivity (Wildman–Crippen MR) is 67.1 cm³/mol. The van der Waals surface area contributed by atoms with Crippen molar-refractivity contribution in [3.63, 3.8) is 0 Å². The van der Waals surface area contributed by atoms with E-state index in [1.165, 1.54) is 0 Å². The summed E-state index contributed by atoms with van der Waals surface area (Å²) in [5, 5.41) is 0. The zero-order chi connectivity index (χ0) is 12.0. The van der Waals surface area contributed by atoms with Gasteiger partial charge in [-0.15, -0.1) is 0 Å². The van der Waals surface area contributed by atoms with Gasteiger partial charge in [0.05, 0.1) is 5.92 Å². The van der Waals surface area contributed by atoms with Gasteiger partial charge in [0.2, 0.25) is 0 Å². The molecule has 0 aromatic heterocycles. The van der Waals surface area contributed by atoms with E-state index in [1.807, 2.05) is 37.3 Å². The molecule has 0 heterocycles. The predicted octanol–water partition coefficient (Wildman–Crippen LogP) is 3.33. The second-order valence-corrected chi connectivity index (χ2v) is 3.92. The zero-order valence-electron chi connectivity index (χ0n) is 9.79. The molecular weight excluding hydrogens is 196 g/mol. The van der Waals surface area contributed by atoms with Gasteiger partial charge in [0.1, 0.15) is 5.78 Å². The molecule has 82 valence electrons. The molecule has 1 atom stereocenters. The Balaban J connectivity index is 2.93. The number of carbonyl (C=O) groups excluding carboxylic acids is 1. The van der Waals surface area contributed by atoms with Crippen LogP contribution in [-0.2, 0) is 4.79 Å². The number of benzene rings is 1. The van der Waals surface area contributed by atoms with E-state index in [9.17, 15) is 4.79 Å². The molecule has 0 amide bonds. The van der Waals surface area contributed by atoms with Crippen LogP contribution >= 0.6 is 0 Å². The van der Waals surface area contributed by atoms with E-state index in [2.05, 4.69) is 18.4 Å². The van der Waals surface area contributed by atoms with Crippen molar-refractivity contribution in [2.45, 2.75) is 26.2 Å². The number of allylic oxidation sites excluding steroid dienone is 1. The van der Waals surface area contributed by atoms with Crippen molar-refractivity contribution >= 4 is 5.78 Å². The first-order valence-electron chi connectivity index (χ1n) is 5.31. The molecule has 0 spiro atoms. The third-order valence-electron chi connectivity index (χ3n) is 2.15. The van der Waals surface area contributed by atoms with Gasteiger partial charge in [0.15, 0.2) is 0 Å². The third-order valence-corrected chi connectivity index (χ3v) is 2.15. The van der Waals surface area contributed by atoms with E-state index in [-0.39, 0.29) is 11.7 Å². The molecule has 0 aliphatic rings. The Morgan fingerprint density at radius 3 is 2.44 bits per heavy atom. The zero-order valence-corrected chi connectivity index (χ0v) is 9.79. The van der Waals surface area contributed by atoms with Gasteiger partial charge in [0.25, 0.3) is 0 Å². The highest BCUT2D eigenvalue weighted by atomic mass is 16.1. The standard InChI is InChI=1S/C15H16O/c1-12(2)9-10-15(11-13(3)16)14-7-5-4-6-8-14/h4-8,15H,1,11H2,2-3H3. The maximum atomic E-state index is 11.2. The number of hydrogen-bond acceptors (Lipinski definition) is 1. The lowest BCUT2D eigenvalue weighted by Gasteiger charge is -2.08. The fourth-order valence-corrected chi connectivity index (χ4v) is 1.44. The monoisotopic (exact) mass is 212 g/mol. The second-order valence-electron chi connectivity index (χ2n) is 3.92. The average molecular weight is 212 g/mol. The van der Waals surface area contributed by atoms with Gasteiger partial charge in [-0.25, -0.2) is 0 Å². The van der Waals surface area contributed by atoms with Crippen molar-refractivity contribution in [1.29, 1.82) is 0 Å². The quantitative estimate of drug-likeness (QED) is 0.702. The van der Waals surface area contributed by atoms with Crippen molar-refractivity contribution in [1.82, 2.24) is 0 Å². The number of rotatable bonds is 3. The van der Waals surface area contributed by atoms with Gasteiger partial charge < -0.3 is 0 Å². The molecule has 0 radical (unpaired) electrons. The largest absolute Gasteiger partial charge is 0.300 e. The second kappa shape index (κ2) is 5.92. The fourth-order valence-electron chi connectivity index (χ4n) is 1.44. The van der Waals surface area contributed by atoms with Crippen molar-refractivity contribution in [2.24, 2.45) is 0 Å². The maximum Gasteiger partial charge on any atom is 0.131 e. The normalized spacial score (nSPS) is 11.1. The summed E-state index contributed by atoms with van der Waals surface area (Å²) >= 11 is 0. The summed E-state index contributed by atoms with van der Waals surface area (Å²) < 4.78 is 0. The van der Waals surface area contributed by atoms with Crippen molar-refractivity contribution in [3.05, 3.63) is 48.0 Å². The minimum Gasteiger partial charge on any atom is -0.300 e. The van der Waals surface area contributed by atoms with Crippen LogP contribution in [0.15, 0.2) is 42.5 Å². The molecule has 0 saturated heterocycles. The summed E-state index contributed by atoms with van der Waals surface area (Å²) in [5.74, 6) is 6.19. The summed E-state index contributed by atoms with van der Waals surface area (Å²) in [6.07, 6.45) is 0.463. The minimum atomic E-state index is -0.0181. The van der Waals surface area contributed by atoms with Crippen LogP contribution in [0.1, 0.15) is 31.7 Å². The number of carbonyl (C=O) groups is 1. The van der Waals surface area contributed by atoms with E-state index in [0.717, 1.165) is 11.1 Å². The SMILES string of the molecule is C=C(C)C#CC(CC(C)=O)c1ccccc1. The molecule has 1 unspecified atom stereocenters. The molecule has 0 bridgehead atoms. The van der Waals surface area contributed by atoms with Crippen molar-refractivity contribution in [2.75, 3.05) is 0 Å². The highest BCUT2D eigenvalue weighted by Crippen LogP contribution is 2.18. The van der Waals surface area contributed by atoms with Crippen LogP contribution in [0.4, 0.5) is 0 Å². The molecule has 16 heavy (non-hydrogen) atoms. The van der Waals surface area contributed by atoms with Gasteiger partial charge in [-0.3, -0.25) is 4.79 Å². The van der Waals surface area contributed by atoms with Crippen LogP contribution in [0, 0.1) is 11.8 Å². The van der Waals surface area contributed by atoms with Crippen LogP contribution in [0.5, 0.6) is 0 Å². The molecule has 0 saturated carbocycles. The Labute approximate surface area is 97.2 Å². The third kappa shape index (κ3) is 4.14. The Hall–Kier alpha value is -1.81. The lowest BCUT2D eigenvalue weighted by atomic mass is 9.94. The Kier molecular flexibility index (Phi) is 4.54. The number of ketones is 1. The summed E-state index contributed by atoms with van der Waals surface area (Å²) in [6, 6.07) is 9.89. The molecule has 0 aliphatic heterocycles. The van der Waals surface area contributed by atoms with Gasteiger partial charge in [0, 0.05) is 6.42 Å². The molecular formula is C15H16O. The smallest absolute Gasteiger partial charge is 0.131 e. The Morgan fingerprint density at radius 1 is 1.31 bits per heavy atom. The van der Waals surface area contributed by atoms with Gasteiger partial charge in [-0.2, -0.15) is 0 Å². The molecule has 1 nitrogen and oxygen atoms in total. The van der Waals surface area contributed by atoms with E-state index in [4.69, 9.17) is 0 Å². The van der Waals surface area contributed by atoms with Crippen molar-refractivity contribution in [3.8, 4) is 11.8 Å². The van der Waals surface area contributed by atoms with Crippen LogP contribution in [0.3, 0.4) is 0 Å². The summed E-state index contributed by atoms with van der Waals surface area (Å²) in [6.45, 7) is 7.20. The molecule has 0 fully saturated rings. The number of Topliss-reactive ketones (excluding diaryl/α,β-unsaturated/α-hetero) is 1. The van der Waals surface area contributed by atoms with Gasteiger partial charge in [-0.05, 0) is 25.0 Å². The molecule has 1 heteroatoms. The highest BCUT2D eigenvalue weighted by Gasteiger charge is 2.10. The van der Waals surface area contributed by atoms with E-state index < -0.39 is 0 Å². The maximum absolute atomic E-state index is 11.2. The highest BCUT2D eigenvalue weighted by molar-refractivity contribution is 5.77. The average Bonchev–Trinajstić information content (AvgIpc) is 2.25. The lowest BCUT2D eigenvalue weighted by Crippen LogP contribution is -2.02. The van der Waals surface area contributed by atoms with Gasteiger partial charge in [-0.1, -0.05) is 48.8 Å². The topological polar surface area (TPSA) is 17.1 Å². The molecule has 1 aromatic rings. The van der Waals surface area contributed by atoms with Crippen LogP contribution in [0.2, 0.25) is 0 Å². The summed E-state index contributed by atoms with van der Waals surface area (Å²) in [4.78, 5) is 11.2. The molecule has 1 aromatic carbocycles. The van der Waals surface area contributed by atoms with E-state index in [0.29, 0.717) is 6.42 Å². The summed E-state index contributed by atoms with van der Waals surface area (Å²) in [7, 11) is 0. The lowest BCUT2D eigenvalue weighted by molar-refractivity contribution is -0.117. The first-order chi connectivity index (χ1) is 7.59. The van der Waals surface area contributed by atoms with Crippen LogP contribution in [-0.4, -0.2) is 5.78 Å². The fraction of sp³-hybridized carbons (Fsp3) is 0.267. The van der Waals surface area contributed by atoms with Gasteiger partial charge >= 0.3 is 0 Å². The van der Waals surface area contributed by atoms with Crippen LogP contribution < -0.4 is 0 Å². The molecule has 0 N–H and O–H groups in total. The van der Waals surface area contributed by atoms with Crippen LogP contribution in [0.25, 0.3) is 0 Å². The first kappa shape index (κ1) is 12.3. The summed E-state index contributed by atoms with van der Waals surface area (Å²) in [5.41, 5.74) is 1.91. The minimum absolute atomic E-state index is 0.0181. The Morgan fingerprint density at radius 2 is 1.94 bits per heavy atom.